The van der Waals surface area contributed by atoms with E-state index in [0.717, 1.165) is 83.8 Å². The lowest BCUT2D eigenvalue weighted by molar-refractivity contribution is -0.137. The summed E-state index contributed by atoms with van der Waals surface area (Å²) in [5.74, 6) is 0.578. The first kappa shape index (κ1) is 45.4. The van der Waals surface area contributed by atoms with Crippen molar-refractivity contribution in [3.8, 4) is 44.5 Å². The number of nitrogens with zero attached hydrogens (tertiary/aromatic N) is 3. The summed E-state index contributed by atoms with van der Waals surface area (Å²) in [6, 6.07) is 68.7. The zero-order chi connectivity index (χ0) is 50.8. The number of benzene rings is 10. The van der Waals surface area contributed by atoms with E-state index >= 15 is 0 Å². The van der Waals surface area contributed by atoms with Gasteiger partial charge in [0.25, 0.3) is 0 Å². The lowest BCUT2D eigenvalue weighted by atomic mass is 9.79. The molecular formula is C68H52F3N3. The van der Waals surface area contributed by atoms with Gasteiger partial charge in [0.15, 0.2) is 0 Å². The van der Waals surface area contributed by atoms with Crippen LogP contribution in [0.25, 0.3) is 76.8 Å². The Hall–Kier alpha value is -8.48. The maximum Gasteiger partial charge on any atom is 0.416 e. The van der Waals surface area contributed by atoms with Crippen molar-refractivity contribution in [2.75, 3.05) is 16.8 Å². The van der Waals surface area contributed by atoms with Crippen LogP contribution >= 0.6 is 0 Å². The van der Waals surface area contributed by atoms with E-state index in [-0.39, 0.29) is 10.8 Å². The van der Waals surface area contributed by atoms with E-state index in [1.165, 1.54) is 50.1 Å². The third-order valence-electron chi connectivity index (χ3n) is 16.2. The van der Waals surface area contributed by atoms with Gasteiger partial charge in [-0.25, -0.2) is 4.98 Å². The van der Waals surface area contributed by atoms with Crippen LogP contribution in [0.4, 0.5) is 41.7 Å². The number of aromatic nitrogens is 1. The SMILES string of the molecule is Cc1ccc(N(C)c2ccc3c(-c4ccc5c(c4)C(C)(C)c4ccccc4-5)c4cc(N(c5ccc(C(F)(F)F)cc5)c5ccc6ccccc6c5)ncc4c(-c4ccc5c(c4)C(C)(C)c4ccccc4-5)c3c2)cc1. The van der Waals surface area contributed by atoms with Crippen LogP contribution in [0.5, 0.6) is 0 Å². The summed E-state index contributed by atoms with van der Waals surface area (Å²) < 4.78 is 42.5. The van der Waals surface area contributed by atoms with E-state index in [2.05, 4.69) is 204 Å². The molecule has 0 amide bonds. The highest BCUT2D eigenvalue weighted by Gasteiger charge is 2.38. The fourth-order valence-corrected chi connectivity index (χ4v) is 12.2. The monoisotopic (exact) mass is 967 g/mol. The molecule has 2 aliphatic rings. The maximum atomic E-state index is 14.2. The van der Waals surface area contributed by atoms with Crippen molar-refractivity contribution in [2.24, 2.45) is 0 Å². The third kappa shape index (κ3) is 7.06. The fourth-order valence-electron chi connectivity index (χ4n) is 12.2. The molecule has 2 aliphatic carbocycles. The second-order valence-electron chi connectivity index (χ2n) is 21.2. The van der Waals surface area contributed by atoms with Crippen molar-refractivity contribution in [2.45, 2.75) is 51.6 Å². The van der Waals surface area contributed by atoms with Crippen molar-refractivity contribution >= 4 is 60.9 Å². The number of pyridine rings is 1. The Kier molecular flexibility index (Phi) is 10.1. The van der Waals surface area contributed by atoms with Gasteiger partial charge in [0.1, 0.15) is 5.82 Å². The van der Waals surface area contributed by atoms with Crippen LogP contribution in [0.2, 0.25) is 0 Å². The number of hydrogen-bond donors (Lipinski definition) is 0. The summed E-state index contributed by atoms with van der Waals surface area (Å²) in [6.07, 6.45) is -2.49. The summed E-state index contributed by atoms with van der Waals surface area (Å²) in [5, 5.41) is 6.17. The van der Waals surface area contributed by atoms with Crippen LogP contribution < -0.4 is 9.80 Å². The van der Waals surface area contributed by atoms with Gasteiger partial charge in [-0.05, 0) is 179 Å². The Labute approximate surface area is 429 Å². The van der Waals surface area contributed by atoms with Crippen LogP contribution in [0, 0.1) is 6.92 Å². The molecule has 3 nitrogen and oxygen atoms in total. The molecule has 0 bridgehead atoms. The minimum Gasteiger partial charge on any atom is -0.345 e. The Morgan fingerprint density at radius 1 is 0.419 bits per heavy atom. The summed E-state index contributed by atoms with van der Waals surface area (Å²) in [5.41, 5.74) is 17.8. The van der Waals surface area contributed by atoms with Gasteiger partial charge >= 0.3 is 6.18 Å². The van der Waals surface area contributed by atoms with Crippen LogP contribution in [-0.2, 0) is 17.0 Å². The zero-order valence-electron chi connectivity index (χ0n) is 42.1. The molecule has 11 aromatic rings. The largest absolute Gasteiger partial charge is 0.416 e. The van der Waals surface area contributed by atoms with Gasteiger partial charge in [0, 0.05) is 52.2 Å². The molecule has 74 heavy (non-hydrogen) atoms. The number of anilines is 5. The molecule has 1 aromatic heterocycles. The smallest absolute Gasteiger partial charge is 0.345 e. The quantitative estimate of drug-likeness (QED) is 0.148. The topological polar surface area (TPSA) is 19.4 Å². The Balaban J connectivity index is 1.12. The number of fused-ring (bicyclic) bond motifs is 9. The average molecular weight is 968 g/mol. The highest BCUT2D eigenvalue weighted by Crippen LogP contribution is 2.54. The molecule has 0 saturated heterocycles. The fraction of sp³-hybridized carbons (Fsp3) is 0.132. The predicted molar refractivity (Wildman–Crippen MR) is 302 cm³/mol. The van der Waals surface area contributed by atoms with Crippen molar-refractivity contribution in [3.05, 3.63) is 240 Å². The van der Waals surface area contributed by atoms with E-state index in [1.807, 2.05) is 29.3 Å². The van der Waals surface area contributed by atoms with Gasteiger partial charge in [-0.3, -0.25) is 4.90 Å². The molecule has 0 fully saturated rings. The second kappa shape index (κ2) is 16.5. The van der Waals surface area contributed by atoms with Crippen LogP contribution in [0.1, 0.15) is 61.1 Å². The summed E-state index contributed by atoms with van der Waals surface area (Å²) >= 11 is 0. The van der Waals surface area contributed by atoms with Crippen LogP contribution in [0.15, 0.2) is 206 Å². The highest BCUT2D eigenvalue weighted by atomic mass is 19.4. The highest BCUT2D eigenvalue weighted by molar-refractivity contribution is 6.22. The summed E-state index contributed by atoms with van der Waals surface area (Å²) in [4.78, 5) is 9.62. The molecular weight excluding hydrogens is 916 g/mol. The summed E-state index contributed by atoms with van der Waals surface area (Å²) in [7, 11) is 2.12. The molecule has 0 N–H and O–H groups in total. The van der Waals surface area contributed by atoms with Crippen LogP contribution in [0.3, 0.4) is 0 Å². The number of hydrogen-bond acceptors (Lipinski definition) is 3. The lowest BCUT2D eigenvalue weighted by Gasteiger charge is -2.27. The number of halogens is 3. The standard InChI is InChI=1S/C68H52F3N3/c1-41-19-26-47(27-20-41)73(6)49-31-34-55-56(38-49)65(45-23-33-54-52-16-10-12-18-60(52)67(4,5)62(54)37-45)58-40-72-63(39-57(58)64(55)44-22-32-53-51-15-9-11-17-59(51)66(2,3)61(53)36-44)74(48-29-24-46(25-30-48)68(69,70)71)50-28-21-42-13-7-8-14-43(42)35-50/h7-40H,1-6H3. The van der Waals surface area contributed by atoms with Gasteiger partial charge in [0.05, 0.1) is 5.56 Å². The molecule has 0 spiro atoms. The number of aryl methyl sites for hydroxylation is 1. The number of alkyl halides is 3. The van der Waals surface area contributed by atoms with Crippen molar-refractivity contribution in [1.29, 1.82) is 0 Å². The molecule has 10 aromatic carbocycles. The van der Waals surface area contributed by atoms with Gasteiger partial charge in [-0.2, -0.15) is 13.2 Å². The van der Waals surface area contributed by atoms with E-state index in [1.54, 1.807) is 12.1 Å². The van der Waals surface area contributed by atoms with Gasteiger partial charge < -0.3 is 4.90 Å². The molecule has 0 unspecified atom stereocenters. The van der Waals surface area contributed by atoms with E-state index in [4.69, 9.17) is 4.98 Å². The van der Waals surface area contributed by atoms with Crippen LogP contribution in [-0.4, -0.2) is 12.0 Å². The first-order valence-electron chi connectivity index (χ1n) is 25.3. The zero-order valence-corrected chi connectivity index (χ0v) is 42.1. The molecule has 0 atom stereocenters. The molecule has 0 saturated carbocycles. The lowest BCUT2D eigenvalue weighted by Crippen LogP contribution is -2.15. The maximum absolute atomic E-state index is 14.2. The van der Waals surface area contributed by atoms with E-state index in [9.17, 15) is 13.2 Å². The second-order valence-corrected chi connectivity index (χ2v) is 21.2. The first-order valence-corrected chi connectivity index (χ1v) is 25.3. The van der Waals surface area contributed by atoms with E-state index < -0.39 is 11.7 Å². The van der Waals surface area contributed by atoms with Crippen molar-refractivity contribution in [1.82, 2.24) is 4.98 Å². The molecule has 6 heteroatoms. The Bertz CT molecular complexity index is 4090. The molecule has 0 radical (unpaired) electrons. The molecule has 13 rings (SSSR count). The summed E-state index contributed by atoms with van der Waals surface area (Å²) in [6.45, 7) is 11.4. The molecule has 0 aliphatic heterocycles. The first-order chi connectivity index (χ1) is 35.6. The normalized spacial score (nSPS) is 14.0. The van der Waals surface area contributed by atoms with Gasteiger partial charge in [-0.15, -0.1) is 0 Å². The van der Waals surface area contributed by atoms with E-state index in [0.29, 0.717) is 11.5 Å². The molecule has 1 heterocycles. The third-order valence-corrected chi connectivity index (χ3v) is 16.2. The Morgan fingerprint density at radius 2 is 0.932 bits per heavy atom. The van der Waals surface area contributed by atoms with Gasteiger partial charge in [0.2, 0.25) is 0 Å². The minimum absolute atomic E-state index is 0.244. The van der Waals surface area contributed by atoms with Crippen molar-refractivity contribution in [3.63, 3.8) is 0 Å². The Morgan fingerprint density at radius 3 is 1.55 bits per heavy atom. The van der Waals surface area contributed by atoms with Crippen molar-refractivity contribution < 1.29 is 13.2 Å². The number of rotatable bonds is 7. The molecule has 360 valence electrons. The predicted octanol–water partition coefficient (Wildman–Crippen LogP) is 19.1. The minimum atomic E-state index is -4.49. The van der Waals surface area contributed by atoms with Gasteiger partial charge in [-0.1, -0.05) is 155 Å². The average Bonchev–Trinajstić information content (AvgIpc) is 3.78.